The Kier molecular flexibility index (Phi) is 3.78. The summed E-state index contributed by atoms with van der Waals surface area (Å²) in [6, 6.07) is 5.73. The van der Waals surface area contributed by atoms with Gasteiger partial charge in [0.1, 0.15) is 0 Å². The summed E-state index contributed by atoms with van der Waals surface area (Å²) >= 11 is 0. The Morgan fingerprint density at radius 3 is 3.10 bits per heavy atom. The molecular weight excluding hydrogens is 256 g/mol. The fraction of sp³-hybridized carbons (Fsp3) is 0.533. The Morgan fingerprint density at radius 2 is 2.25 bits per heavy atom. The number of rotatable bonds is 4. The van der Waals surface area contributed by atoms with Crippen molar-refractivity contribution in [2.45, 2.75) is 25.8 Å². The number of ether oxygens (including phenoxy) is 2. The molecule has 1 saturated carbocycles. The first-order chi connectivity index (χ1) is 9.79. The number of hydrogen-bond acceptors (Lipinski definition) is 4. The van der Waals surface area contributed by atoms with E-state index in [1.54, 1.807) is 0 Å². The average Bonchev–Trinajstić information content (AvgIpc) is 3.12. The van der Waals surface area contributed by atoms with Crippen LogP contribution in [0.3, 0.4) is 0 Å². The van der Waals surface area contributed by atoms with Crippen LogP contribution in [0.25, 0.3) is 0 Å². The Hall–Kier alpha value is -1.75. The van der Waals surface area contributed by atoms with Gasteiger partial charge < -0.3 is 20.5 Å². The second kappa shape index (κ2) is 5.71. The monoisotopic (exact) mass is 276 g/mol. The summed E-state index contributed by atoms with van der Waals surface area (Å²) in [6.07, 6.45) is 3.10. The highest BCUT2D eigenvalue weighted by atomic mass is 16.7. The molecule has 0 bridgehead atoms. The topological polar surface area (TPSA) is 73.6 Å². The van der Waals surface area contributed by atoms with Gasteiger partial charge in [0.25, 0.3) is 0 Å². The zero-order valence-electron chi connectivity index (χ0n) is 11.4. The third kappa shape index (κ3) is 2.45. The van der Waals surface area contributed by atoms with Gasteiger partial charge in [0.05, 0.1) is 0 Å². The van der Waals surface area contributed by atoms with E-state index in [2.05, 4.69) is 5.32 Å². The summed E-state index contributed by atoms with van der Waals surface area (Å²) in [4.78, 5) is 12.2. The zero-order chi connectivity index (χ0) is 13.9. The highest BCUT2D eigenvalue weighted by molar-refractivity contribution is 5.79. The molecule has 1 aliphatic heterocycles. The second-order valence-corrected chi connectivity index (χ2v) is 5.40. The van der Waals surface area contributed by atoms with Gasteiger partial charge in [-0.1, -0.05) is 18.6 Å². The molecule has 108 valence electrons. The van der Waals surface area contributed by atoms with Crippen molar-refractivity contribution in [3.8, 4) is 11.5 Å². The van der Waals surface area contributed by atoms with Crippen LogP contribution in [0.2, 0.25) is 0 Å². The molecule has 0 unspecified atom stereocenters. The maximum atomic E-state index is 12.2. The van der Waals surface area contributed by atoms with E-state index in [0.29, 0.717) is 19.0 Å². The van der Waals surface area contributed by atoms with Gasteiger partial charge in [-0.2, -0.15) is 0 Å². The fourth-order valence-electron chi connectivity index (χ4n) is 3.11. The molecule has 20 heavy (non-hydrogen) atoms. The first-order valence-corrected chi connectivity index (χ1v) is 7.15. The standard InChI is InChI=1S/C15H20N2O3/c16-7-10-3-1-5-12(10)15(18)17-8-11-4-2-6-13-14(11)20-9-19-13/h2,4,6,10,12H,1,3,5,7-9,16H2,(H,17,18)/t10-,12-/m1/s1. The van der Waals surface area contributed by atoms with Crippen molar-refractivity contribution in [1.82, 2.24) is 5.32 Å². The van der Waals surface area contributed by atoms with Gasteiger partial charge in [-0.15, -0.1) is 0 Å². The lowest BCUT2D eigenvalue weighted by Gasteiger charge is -2.17. The van der Waals surface area contributed by atoms with Crippen LogP contribution in [0, 0.1) is 11.8 Å². The van der Waals surface area contributed by atoms with E-state index in [-0.39, 0.29) is 18.6 Å². The van der Waals surface area contributed by atoms with Crippen LogP contribution >= 0.6 is 0 Å². The van der Waals surface area contributed by atoms with E-state index in [4.69, 9.17) is 15.2 Å². The maximum absolute atomic E-state index is 12.2. The molecule has 1 amide bonds. The molecule has 1 aliphatic carbocycles. The average molecular weight is 276 g/mol. The van der Waals surface area contributed by atoms with Crippen LogP contribution in [-0.2, 0) is 11.3 Å². The van der Waals surface area contributed by atoms with Crippen LogP contribution in [0.15, 0.2) is 18.2 Å². The molecule has 5 heteroatoms. The van der Waals surface area contributed by atoms with E-state index in [1.165, 1.54) is 0 Å². The van der Waals surface area contributed by atoms with Gasteiger partial charge in [-0.3, -0.25) is 4.79 Å². The second-order valence-electron chi connectivity index (χ2n) is 5.40. The summed E-state index contributed by atoms with van der Waals surface area (Å²) in [6.45, 7) is 1.31. The van der Waals surface area contributed by atoms with Gasteiger partial charge >= 0.3 is 0 Å². The lowest BCUT2D eigenvalue weighted by atomic mass is 9.95. The summed E-state index contributed by atoms with van der Waals surface area (Å²) < 4.78 is 10.8. The molecule has 0 aromatic heterocycles. The molecule has 3 N–H and O–H groups in total. The molecule has 2 atom stereocenters. The number of carbonyl (C=O) groups is 1. The Balaban J connectivity index is 1.62. The number of amides is 1. The van der Waals surface area contributed by atoms with E-state index < -0.39 is 0 Å². The fourth-order valence-corrected chi connectivity index (χ4v) is 3.11. The molecule has 1 heterocycles. The van der Waals surface area contributed by atoms with Gasteiger partial charge in [-0.05, 0) is 31.4 Å². The number of fused-ring (bicyclic) bond motifs is 1. The SMILES string of the molecule is NC[C@H]1CCC[C@H]1C(=O)NCc1cccc2c1OCO2. The van der Waals surface area contributed by atoms with Crippen molar-refractivity contribution in [3.63, 3.8) is 0 Å². The van der Waals surface area contributed by atoms with Crippen LogP contribution in [0.4, 0.5) is 0 Å². The lowest BCUT2D eigenvalue weighted by Crippen LogP contribution is -2.34. The molecule has 1 fully saturated rings. The molecule has 0 spiro atoms. The predicted octanol–water partition coefficient (Wildman–Crippen LogP) is 1.41. The van der Waals surface area contributed by atoms with Crippen molar-refractivity contribution in [3.05, 3.63) is 23.8 Å². The molecule has 3 rings (SSSR count). The minimum atomic E-state index is 0.0638. The minimum absolute atomic E-state index is 0.0638. The number of para-hydroxylation sites is 1. The predicted molar refractivity (Wildman–Crippen MR) is 74.3 cm³/mol. The van der Waals surface area contributed by atoms with Crippen LogP contribution in [-0.4, -0.2) is 19.2 Å². The molecule has 2 aliphatic rings. The first-order valence-electron chi connectivity index (χ1n) is 7.15. The third-order valence-electron chi connectivity index (χ3n) is 4.23. The highest BCUT2D eigenvalue weighted by Crippen LogP contribution is 2.35. The van der Waals surface area contributed by atoms with E-state index >= 15 is 0 Å². The normalized spacial score (nSPS) is 23.9. The van der Waals surface area contributed by atoms with Gasteiger partial charge in [0, 0.05) is 18.0 Å². The van der Waals surface area contributed by atoms with Crippen molar-refractivity contribution in [1.29, 1.82) is 0 Å². The van der Waals surface area contributed by atoms with Crippen molar-refractivity contribution < 1.29 is 14.3 Å². The number of benzene rings is 1. The third-order valence-corrected chi connectivity index (χ3v) is 4.23. The summed E-state index contributed by atoms with van der Waals surface area (Å²) in [5.41, 5.74) is 6.68. The minimum Gasteiger partial charge on any atom is -0.454 e. The van der Waals surface area contributed by atoms with Crippen LogP contribution < -0.4 is 20.5 Å². The number of nitrogens with two attached hydrogens (primary N) is 1. The Labute approximate surface area is 118 Å². The molecule has 1 aromatic carbocycles. The first kappa shape index (κ1) is 13.2. The molecule has 0 saturated heterocycles. The smallest absolute Gasteiger partial charge is 0.231 e. The van der Waals surface area contributed by atoms with E-state index in [9.17, 15) is 4.79 Å². The van der Waals surface area contributed by atoms with Gasteiger partial charge in [0.2, 0.25) is 12.7 Å². The Bertz CT molecular complexity index is 504. The maximum Gasteiger partial charge on any atom is 0.231 e. The number of nitrogens with one attached hydrogen (secondary N) is 1. The zero-order valence-corrected chi connectivity index (χ0v) is 11.4. The van der Waals surface area contributed by atoms with Crippen LogP contribution in [0.1, 0.15) is 24.8 Å². The van der Waals surface area contributed by atoms with Crippen LogP contribution in [0.5, 0.6) is 11.5 Å². The summed E-state index contributed by atoms with van der Waals surface area (Å²) in [7, 11) is 0. The summed E-state index contributed by atoms with van der Waals surface area (Å²) in [5, 5.41) is 3.00. The summed E-state index contributed by atoms with van der Waals surface area (Å²) in [5.74, 6) is 1.99. The van der Waals surface area contributed by atoms with Gasteiger partial charge in [-0.25, -0.2) is 0 Å². The quantitative estimate of drug-likeness (QED) is 0.872. The molecule has 5 nitrogen and oxygen atoms in total. The number of hydrogen-bond donors (Lipinski definition) is 2. The molecule has 0 radical (unpaired) electrons. The van der Waals surface area contributed by atoms with Crippen molar-refractivity contribution >= 4 is 5.91 Å². The van der Waals surface area contributed by atoms with Crippen molar-refractivity contribution in [2.75, 3.05) is 13.3 Å². The molecular formula is C15H20N2O3. The Morgan fingerprint density at radius 1 is 1.35 bits per heavy atom. The number of carbonyl (C=O) groups excluding carboxylic acids is 1. The van der Waals surface area contributed by atoms with E-state index in [0.717, 1.165) is 36.3 Å². The van der Waals surface area contributed by atoms with Crippen molar-refractivity contribution in [2.24, 2.45) is 17.6 Å². The lowest BCUT2D eigenvalue weighted by molar-refractivity contribution is -0.126. The highest BCUT2D eigenvalue weighted by Gasteiger charge is 2.31. The van der Waals surface area contributed by atoms with E-state index in [1.807, 2.05) is 18.2 Å². The molecule has 1 aromatic rings. The van der Waals surface area contributed by atoms with Gasteiger partial charge in [0.15, 0.2) is 11.5 Å². The largest absolute Gasteiger partial charge is 0.454 e.